The number of thiocarbonyl (C=S) groups is 1. The van der Waals surface area contributed by atoms with Crippen LogP contribution in [0.25, 0.3) is 0 Å². The molecule has 4 nitrogen and oxygen atoms in total. The number of amides is 1. The van der Waals surface area contributed by atoms with Crippen molar-refractivity contribution in [3.63, 3.8) is 0 Å². The van der Waals surface area contributed by atoms with Crippen molar-refractivity contribution in [2.45, 2.75) is 25.8 Å². The van der Waals surface area contributed by atoms with Crippen molar-refractivity contribution in [1.82, 2.24) is 5.32 Å². The van der Waals surface area contributed by atoms with Gasteiger partial charge in [-0.1, -0.05) is 30.7 Å². The number of phenols is 1. The van der Waals surface area contributed by atoms with Crippen LogP contribution in [0.5, 0.6) is 5.75 Å². The molecule has 18 heavy (non-hydrogen) atoms. The van der Waals surface area contributed by atoms with Gasteiger partial charge in [-0.15, -0.1) is 0 Å². The minimum atomic E-state index is -0.739. The molecule has 0 heterocycles. The molecule has 0 saturated heterocycles. The first-order valence-corrected chi connectivity index (χ1v) is 6.19. The molecule has 0 fully saturated rings. The Labute approximate surface area is 116 Å². The van der Waals surface area contributed by atoms with Crippen molar-refractivity contribution in [3.05, 3.63) is 28.8 Å². The molecule has 0 saturated carbocycles. The second-order valence-electron chi connectivity index (χ2n) is 4.17. The van der Waals surface area contributed by atoms with Gasteiger partial charge in [0, 0.05) is 5.56 Å². The Bertz CT molecular complexity index is 493. The second kappa shape index (κ2) is 5.54. The van der Waals surface area contributed by atoms with Gasteiger partial charge in [-0.25, -0.2) is 0 Å². The number of hydrogen-bond donors (Lipinski definition) is 3. The average molecular weight is 287 g/mol. The predicted molar refractivity (Wildman–Crippen MR) is 76.1 cm³/mol. The lowest BCUT2D eigenvalue weighted by Gasteiger charge is -2.28. The van der Waals surface area contributed by atoms with E-state index in [4.69, 9.17) is 29.6 Å². The van der Waals surface area contributed by atoms with Gasteiger partial charge in [0.15, 0.2) is 0 Å². The van der Waals surface area contributed by atoms with Gasteiger partial charge in [0.05, 0.1) is 15.6 Å². The van der Waals surface area contributed by atoms with Crippen LogP contribution >= 0.6 is 23.8 Å². The van der Waals surface area contributed by atoms with Gasteiger partial charge in [-0.2, -0.15) is 0 Å². The van der Waals surface area contributed by atoms with E-state index < -0.39 is 5.54 Å². The van der Waals surface area contributed by atoms with E-state index in [9.17, 15) is 9.90 Å². The summed E-state index contributed by atoms with van der Waals surface area (Å²) in [7, 11) is 0. The molecule has 0 aromatic heterocycles. The van der Waals surface area contributed by atoms with Crippen molar-refractivity contribution in [1.29, 1.82) is 0 Å². The molecule has 1 rings (SSSR count). The number of carbonyl (C=O) groups is 1. The second-order valence-corrected chi connectivity index (χ2v) is 5.02. The molecule has 98 valence electrons. The number of carbonyl (C=O) groups excluding carboxylic acids is 1. The molecule has 1 aromatic rings. The summed E-state index contributed by atoms with van der Waals surface area (Å²) in [5.74, 6) is -0.408. The summed E-state index contributed by atoms with van der Waals surface area (Å²) in [5.41, 5.74) is 5.21. The van der Waals surface area contributed by atoms with Crippen molar-refractivity contribution >= 4 is 34.7 Å². The fraction of sp³-hybridized carbons (Fsp3) is 0.333. The molecule has 6 heteroatoms. The van der Waals surface area contributed by atoms with Gasteiger partial charge in [0.2, 0.25) is 0 Å². The fourth-order valence-electron chi connectivity index (χ4n) is 1.30. The van der Waals surface area contributed by atoms with Crippen LogP contribution in [-0.2, 0) is 0 Å². The molecule has 1 amide bonds. The molecular weight excluding hydrogens is 272 g/mol. The summed E-state index contributed by atoms with van der Waals surface area (Å²) in [6.45, 7) is 3.64. The highest BCUT2D eigenvalue weighted by atomic mass is 35.5. The maximum Gasteiger partial charge on any atom is 0.252 e. The van der Waals surface area contributed by atoms with E-state index in [0.717, 1.165) is 0 Å². The molecule has 0 radical (unpaired) electrons. The Hall–Kier alpha value is -1.33. The van der Waals surface area contributed by atoms with E-state index in [1.807, 2.05) is 6.92 Å². The average Bonchev–Trinajstić information content (AvgIpc) is 2.32. The first-order valence-electron chi connectivity index (χ1n) is 5.41. The lowest BCUT2D eigenvalue weighted by molar-refractivity contribution is 0.0926. The molecule has 0 aliphatic heterocycles. The van der Waals surface area contributed by atoms with Gasteiger partial charge in [0.25, 0.3) is 5.91 Å². The third-order valence-electron chi connectivity index (χ3n) is 2.85. The van der Waals surface area contributed by atoms with Crippen molar-refractivity contribution in [2.75, 3.05) is 0 Å². The van der Waals surface area contributed by atoms with Gasteiger partial charge in [-0.05, 0) is 31.5 Å². The van der Waals surface area contributed by atoms with Gasteiger partial charge in [0.1, 0.15) is 5.75 Å². The van der Waals surface area contributed by atoms with Gasteiger partial charge in [-0.3, -0.25) is 4.79 Å². The molecule has 1 aromatic carbocycles. The maximum absolute atomic E-state index is 12.0. The standard InChI is InChI=1S/C12H15ClN2O2S/c1-3-12(2,11(14)18)15-10(17)7-4-5-9(16)8(13)6-7/h4-6,16H,3H2,1-2H3,(H2,14,18)(H,15,17). The molecule has 0 aliphatic carbocycles. The monoisotopic (exact) mass is 286 g/mol. The van der Waals surface area contributed by atoms with Crippen LogP contribution in [0.4, 0.5) is 0 Å². The van der Waals surface area contributed by atoms with Crippen LogP contribution < -0.4 is 11.1 Å². The van der Waals surface area contributed by atoms with Crippen LogP contribution in [0.1, 0.15) is 30.6 Å². The number of hydrogen-bond acceptors (Lipinski definition) is 3. The predicted octanol–water partition coefficient (Wildman–Crippen LogP) is 2.23. The van der Waals surface area contributed by atoms with E-state index in [2.05, 4.69) is 5.32 Å². The Morgan fingerprint density at radius 3 is 2.67 bits per heavy atom. The summed E-state index contributed by atoms with van der Waals surface area (Å²) < 4.78 is 0. The van der Waals surface area contributed by atoms with Crippen LogP contribution in [0.3, 0.4) is 0 Å². The minimum absolute atomic E-state index is 0.0687. The molecule has 1 atom stereocenters. The molecule has 1 unspecified atom stereocenters. The Kier molecular flexibility index (Phi) is 4.53. The quantitative estimate of drug-likeness (QED) is 0.742. The van der Waals surface area contributed by atoms with E-state index >= 15 is 0 Å². The number of phenolic OH excluding ortho intramolecular Hbond substituents is 1. The van der Waals surface area contributed by atoms with Crippen molar-refractivity contribution in [2.24, 2.45) is 5.73 Å². The van der Waals surface area contributed by atoms with E-state index in [0.29, 0.717) is 12.0 Å². The molecule has 4 N–H and O–H groups in total. The molecular formula is C12H15ClN2O2S. The van der Waals surface area contributed by atoms with Crippen LogP contribution in [0.2, 0.25) is 5.02 Å². The number of nitrogens with two attached hydrogens (primary N) is 1. The third kappa shape index (κ3) is 3.11. The first kappa shape index (κ1) is 14.7. The van der Waals surface area contributed by atoms with Crippen LogP contribution in [0, 0.1) is 0 Å². The highest BCUT2D eigenvalue weighted by molar-refractivity contribution is 7.80. The number of halogens is 1. The zero-order valence-electron chi connectivity index (χ0n) is 10.2. The number of rotatable bonds is 4. The Balaban J connectivity index is 2.95. The smallest absolute Gasteiger partial charge is 0.252 e. The van der Waals surface area contributed by atoms with Crippen LogP contribution in [0.15, 0.2) is 18.2 Å². The molecule has 0 bridgehead atoms. The highest BCUT2D eigenvalue weighted by Gasteiger charge is 2.28. The summed E-state index contributed by atoms with van der Waals surface area (Å²) >= 11 is 10.7. The lowest BCUT2D eigenvalue weighted by Crippen LogP contribution is -2.54. The summed E-state index contributed by atoms with van der Waals surface area (Å²) in [4.78, 5) is 12.2. The third-order valence-corrected chi connectivity index (χ3v) is 3.60. The maximum atomic E-state index is 12.0. The van der Waals surface area contributed by atoms with Gasteiger partial charge >= 0.3 is 0 Å². The lowest BCUT2D eigenvalue weighted by atomic mass is 9.98. The van der Waals surface area contributed by atoms with Gasteiger partial charge < -0.3 is 16.2 Å². The van der Waals surface area contributed by atoms with E-state index in [1.54, 1.807) is 6.92 Å². The highest BCUT2D eigenvalue weighted by Crippen LogP contribution is 2.24. The van der Waals surface area contributed by atoms with Crippen LogP contribution in [-0.4, -0.2) is 21.5 Å². The summed E-state index contributed by atoms with van der Waals surface area (Å²) in [6, 6.07) is 4.23. The first-order chi connectivity index (χ1) is 8.30. The van der Waals surface area contributed by atoms with E-state index in [-0.39, 0.29) is 21.7 Å². The minimum Gasteiger partial charge on any atom is -0.506 e. The zero-order valence-corrected chi connectivity index (χ0v) is 11.7. The fourth-order valence-corrected chi connectivity index (χ4v) is 1.67. The normalized spacial score (nSPS) is 13.7. The molecule has 0 aliphatic rings. The topological polar surface area (TPSA) is 75.3 Å². The molecule has 0 spiro atoms. The largest absolute Gasteiger partial charge is 0.506 e. The van der Waals surface area contributed by atoms with Crippen molar-refractivity contribution < 1.29 is 9.90 Å². The Morgan fingerprint density at radius 2 is 2.22 bits per heavy atom. The Morgan fingerprint density at radius 1 is 1.61 bits per heavy atom. The van der Waals surface area contributed by atoms with Crippen molar-refractivity contribution in [3.8, 4) is 5.75 Å². The van der Waals surface area contributed by atoms with E-state index in [1.165, 1.54) is 18.2 Å². The number of nitrogens with one attached hydrogen (secondary N) is 1. The summed E-state index contributed by atoms with van der Waals surface area (Å²) in [5, 5.41) is 12.2. The number of aromatic hydroxyl groups is 1. The summed E-state index contributed by atoms with van der Waals surface area (Å²) in [6.07, 6.45) is 0.583. The SMILES string of the molecule is CCC(C)(NC(=O)c1ccc(O)c(Cl)c1)C(N)=S. The number of benzene rings is 1. The zero-order chi connectivity index (χ0) is 13.9.